The molecule has 0 saturated carbocycles. The van der Waals surface area contributed by atoms with Crippen LogP contribution in [0.2, 0.25) is 0 Å². The van der Waals surface area contributed by atoms with Crippen LogP contribution in [0.25, 0.3) is 0 Å². The number of carbonyl (C=O) groups excluding carboxylic acids is 1. The number of hydrogen-bond donors (Lipinski definition) is 1. The molecule has 0 atom stereocenters. The predicted octanol–water partition coefficient (Wildman–Crippen LogP) is 1.76. The van der Waals surface area contributed by atoms with E-state index < -0.39 is 5.97 Å². The normalized spacial score (nSPS) is 13.5. The molecule has 0 aliphatic carbocycles. The third-order valence-corrected chi connectivity index (χ3v) is 2.16. The van der Waals surface area contributed by atoms with E-state index in [2.05, 4.69) is 10.3 Å². The highest BCUT2D eigenvalue weighted by molar-refractivity contribution is 5.93. The molecule has 0 fully saturated rings. The second-order valence-corrected chi connectivity index (χ2v) is 3.40. The van der Waals surface area contributed by atoms with Gasteiger partial charge in [-0.2, -0.15) is 0 Å². The number of hydrogen-bond acceptors (Lipinski definition) is 4. The number of benzene rings is 1. The third kappa shape index (κ3) is 3.31. The van der Waals surface area contributed by atoms with Gasteiger partial charge in [-0.05, 0) is 11.6 Å². The Bertz CT molecular complexity index is 475. The molecule has 0 amide bonds. The minimum atomic E-state index is -0.396. The van der Waals surface area contributed by atoms with Gasteiger partial charge in [0.1, 0.15) is 12.3 Å². The van der Waals surface area contributed by atoms with Crippen LogP contribution in [-0.4, -0.2) is 12.2 Å². The Morgan fingerprint density at radius 2 is 2.12 bits per heavy atom. The maximum Gasteiger partial charge on any atom is 0.355 e. The van der Waals surface area contributed by atoms with Crippen molar-refractivity contribution < 1.29 is 9.53 Å². The zero-order valence-corrected chi connectivity index (χ0v) is 9.17. The van der Waals surface area contributed by atoms with Crippen molar-refractivity contribution in [2.45, 2.75) is 6.61 Å². The van der Waals surface area contributed by atoms with Crippen molar-refractivity contribution in [2.75, 3.05) is 0 Å². The molecule has 1 aromatic rings. The van der Waals surface area contributed by atoms with E-state index in [-0.39, 0.29) is 6.61 Å². The van der Waals surface area contributed by atoms with E-state index in [1.54, 1.807) is 18.5 Å². The van der Waals surface area contributed by atoms with Crippen molar-refractivity contribution in [3.63, 3.8) is 0 Å². The summed E-state index contributed by atoms with van der Waals surface area (Å²) in [6.07, 6.45) is 6.26. The molecule has 0 bridgehead atoms. The Kier molecular flexibility index (Phi) is 3.70. The lowest BCUT2D eigenvalue weighted by molar-refractivity contribution is -0.140. The second kappa shape index (κ2) is 5.65. The van der Waals surface area contributed by atoms with Gasteiger partial charge in [0.05, 0.1) is 0 Å². The number of aliphatic imine (C=N–C) groups is 1. The fourth-order valence-corrected chi connectivity index (χ4v) is 1.31. The van der Waals surface area contributed by atoms with Crippen LogP contribution >= 0.6 is 0 Å². The molecule has 0 saturated heterocycles. The zero-order valence-electron chi connectivity index (χ0n) is 9.17. The fraction of sp³-hybridized carbons (Fsp3) is 0.0769. The molecule has 1 N–H and O–H groups in total. The van der Waals surface area contributed by atoms with Gasteiger partial charge in [-0.1, -0.05) is 30.3 Å². The highest BCUT2D eigenvalue weighted by Gasteiger charge is 2.09. The molecule has 4 nitrogen and oxygen atoms in total. The van der Waals surface area contributed by atoms with E-state index in [4.69, 9.17) is 4.74 Å². The van der Waals surface area contributed by atoms with Crippen LogP contribution in [0.1, 0.15) is 5.56 Å². The summed E-state index contributed by atoms with van der Waals surface area (Å²) in [6.45, 7) is 0.263. The number of nitrogens with zero attached hydrogens (tertiary/aromatic N) is 1. The highest BCUT2D eigenvalue weighted by Crippen LogP contribution is 2.03. The van der Waals surface area contributed by atoms with Gasteiger partial charge in [-0.15, -0.1) is 0 Å². The number of nitrogens with one attached hydrogen (secondary N) is 1. The van der Waals surface area contributed by atoms with Gasteiger partial charge in [-0.25, -0.2) is 4.79 Å². The Morgan fingerprint density at radius 3 is 2.94 bits per heavy atom. The third-order valence-electron chi connectivity index (χ3n) is 2.16. The summed E-state index contributed by atoms with van der Waals surface area (Å²) in [7, 11) is 0. The maximum atomic E-state index is 11.7. The van der Waals surface area contributed by atoms with Gasteiger partial charge >= 0.3 is 5.97 Å². The fourth-order valence-electron chi connectivity index (χ4n) is 1.31. The summed E-state index contributed by atoms with van der Waals surface area (Å²) in [4.78, 5) is 15.5. The molecule has 0 unspecified atom stereocenters. The van der Waals surface area contributed by atoms with Crippen LogP contribution in [0.3, 0.4) is 0 Å². The van der Waals surface area contributed by atoms with E-state index in [9.17, 15) is 4.79 Å². The standard InChI is InChI=1S/C13H12N2O2/c16-13(12-6-7-14-8-9-15-12)17-10-11-4-2-1-3-5-11/h1-9,15H,10H2. The quantitative estimate of drug-likeness (QED) is 0.802. The minimum absolute atomic E-state index is 0.263. The van der Waals surface area contributed by atoms with E-state index in [1.807, 2.05) is 30.3 Å². The molecule has 1 aliphatic rings. The van der Waals surface area contributed by atoms with Gasteiger partial charge in [0, 0.05) is 18.6 Å². The first-order valence-electron chi connectivity index (χ1n) is 5.22. The number of rotatable bonds is 3. The van der Waals surface area contributed by atoms with E-state index in [1.165, 1.54) is 6.21 Å². The largest absolute Gasteiger partial charge is 0.456 e. The monoisotopic (exact) mass is 228 g/mol. The second-order valence-electron chi connectivity index (χ2n) is 3.40. The molecule has 0 spiro atoms. The molecule has 1 aliphatic heterocycles. The molecular formula is C13H12N2O2. The summed E-state index contributed by atoms with van der Waals surface area (Å²) in [6, 6.07) is 9.54. The Balaban J connectivity index is 1.92. The van der Waals surface area contributed by atoms with Crippen molar-refractivity contribution in [2.24, 2.45) is 4.99 Å². The molecule has 86 valence electrons. The van der Waals surface area contributed by atoms with Crippen molar-refractivity contribution in [1.29, 1.82) is 0 Å². The van der Waals surface area contributed by atoms with E-state index in [0.717, 1.165) is 5.56 Å². The summed E-state index contributed by atoms with van der Waals surface area (Å²) in [5.41, 5.74) is 1.33. The number of ether oxygens (including phenoxy) is 1. The van der Waals surface area contributed by atoms with Crippen LogP contribution in [-0.2, 0) is 16.1 Å². The molecule has 1 heterocycles. The van der Waals surface area contributed by atoms with Gasteiger partial charge in [0.2, 0.25) is 0 Å². The maximum absolute atomic E-state index is 11.7. The zero-order chi connectivity index (χ0) is 11.9. The van der Waals surface area contributed by atoms with Crippen LogP contribution < -0.4 is 5.32 Å². The van der Waals surface area contributed by atoms with Crippen LogP contribution in [0, 0.1) is 0 Å². The molecular weight excluding hydrogens is 216 g/mol. The Labute approximate surface area is 99.3 Å². The van der Waals surface area contributed by atoms with Crippen LogP contribution in [0.15, 0.2) is 59.5 Å². The highest BCUT2D eigenvalue weighted by atomic mass is 16.5. The average molecular weight is 228 g/mol. The lowest BCUT2D eigenvalue weighted by atomic mass is 10.2. The molecule has 17 heavy (non-hydrogen) atoms. The first-order valence-corrected chi connectivity index (χ1v) is 5.22. The lowest BCUT2D eigenvalue weighted by Gasteiger charge is -2.06. The molecule has 1 aromatic carbocycles. The summed E-state index contributed by atoms with van der Waals surface area (Å²) in [5.74, 6) is -0.396. The summed E-state index contributed by atoms with van der Waals surface area (Å²) in [5, 5.41) is 2.80. The number of esters is 1. The summed E-state index contributed by atoms with van der Waals surface area (Å²) >= 11 is 0. The first-order chi connectivity index (χ1) is 8.36. The predicted molar refractivity (Wildman–Crippen MR) is 65.1 cm³/mol. The van der Waals surface area contributed by atoms with Gasteiger partial charge in [-0.3, -0.25) is 4.99 Å². The van der Waals surface area contributed by atoms with Crippen LogP contribution in [0.5, 0.6) is 0 Å². The molecule has 4 heteroatoms. The molecule has 2 rings (SSSR count). The topological polar surface area (TPSA) is 50.7 Å². The van der Waals surface area contributed by atoms with Crippen molar-refractivity contribution in [3.8, 4) is 0 Å². The SMILES string of the molecule is O=C(OCc1ccccc1)C1=CC=NC=CN1. The van der Waals surface area contributed by atoms with Gasteiger partial charge in [0.15, 0.2) is 0 Å². The first kappa shape index (κ1) is 11.1. The molecule has 0 aromatic heterocycles. The molecule has 0 radical (unpaired) electrons. The number of allylic oxidation sites excluding steroid dienone is 1. The van der Waals surface area contributed by atoms with E-state index >= 15 is 0 Å². The van der Waals surface area contributed by atoms with E-state index in [0.29, 0.717) is 5.70 Å². The van der Waals surface area contributed by atoms with Gasteiger partial charge < -0.3 is 10.1 Å². The van der Waals surface area contributed by atoms with Crippen LogP contribution in [0.4, 0.5) is 0 Å². The Hall–Kier alpha value is -2.36. The number of carbonyl (C=O) groups is 1. The van der Waals surface area contributed by atoms with Crippen molar-refractivity contribution in [3.05, 3.63) is 60.1 Å². The van der Waals surface area contributed by atoms with Gasteiger partial charge in [0.25, 0.3) is 0 Å². The Morgan fingerprint density at radius 1 is 1.29 bits per heavy atom. The van der Waals surface area contributed by atoms with Crippen molar-refractivity contribution >= 4 is 12.2 Å². The minimum Gasteiger partial charge on any atom is -0.456 e. The average Bonchev–Trinajstić information content (AvgIpc) is 2.66. The summed E-state index contributed by atoms with van der Waals surface area (Å²) < 4.78 is 5.16. The lowest BCUT2D eigenvalue weighted by Crippen LogP contribution is -2.17. The van der Waals surface area contributed by atoms with Crippen molar-refractivity contribution in [1.82, 2.24) is 5.32 Å². The smallest absolute Gasteiger partial charge is 0.355 e.